The van der Waals surface area contributed by atoms with Gasteiger partial charge in [0.25, 0.3) is 5.91 Å². The molecule has 4 amide bonds. The van der Waals surface area contributed by atoms with E-state index in [9.17, 15) is 14.4 Å². The Morgan fingerprint density at radius 3 is 2.62 bits per heavy atom. The number of nitrogens with zero attached hydrogens (tertiary/aromatic N) is 1. The van der Waals surface area contributed by atoms with E-state index in [2.05, 4.69) is 10.6 Å². The molecule has 0 radical (unpaired) electrons. The average molecular weight is 395 g/mol. The number of anilines is 1. The van der Waals surface area contributed by atoms with E-state index in [-0.39, 0.29) is 30.7 Å². The highest BCUT2D eigenvalue weighted by Gasteiger charge is 2.40. The van der Waals surface area contributed by atoms with Crippen molar-refractivity contribution in [1.29, 1.82) is 0 Å². The molecule has 0 spiro atoms. The second-order valence-electron chi connectivity index (χ2n) is 7.09. The molecule has 0 saturated carbocycles. The SMILES string of the molecule is COc1ccc(C)cc1NC(=O)CC[C@@H]1NC(=O)N([C@H](C)c2ccccc2)C1=O. The fraction of sp³-hybridized carbons (Fsp3) is 0.318. The van der Waals surface area contributed by atoms with Crippen LogP contribution in [0.1, 0.15) is 36.9 Å². The van der Waals surface area contributed by atoms with Crippen molar-refractivity contribution >= 4 is 23.5 Å². The zero-order chi connectivity index (χ0) is 21.0. The number of benzene rings is 2. The van der Waals surface area contributed by atoms with Crippen LogP contribution in [0, 0.1) is 6.92 Å². The maximum absolute atomic E-state index is 12.7. The van der Waals surface area contributed by atoms with Crippen LogP contribution in [-0.2, 0) is 9.59 Å². The number of rotatable bonds is 7. The molecule has 3 rings (SSSR count). The van der Waals surface area contributed by atoms with Crippen molar-refractivity contribution < 1.29 is 19.1 Å². The summed E-state index contributed by atoms with van der Waals surface area (Å²) >= 11 is 0. The normalized spacial score (nSPS) is 17.1. The molecule has 1 saturated heterocycles. The van der Waals surface area contributed by atoms with Gasteiger partial charge in [0, 0.05) is 6.42 Å². The van der Waals surface area contributed by atoms with Crippen LogP contribution in [0.2, 0.25) is 0 Å². The lowest BCUT2D eigenvalue weighted by atomic mass is 10.1. The minimum atomic E-state index is -0.709. The van der Waals surface area contributed by atoms with Crippen molar-refractivity contribution in [3.8, 4) is 5.75 Å². The number of carbonyl (C=O) groups excluding carboxylic acids is 3. The van der Waals surface area contributed by atoms with Gasteiger partial charge in [-0.05, 0) is 43.5 Å². The number of nitrogens with one attached hydrogen (secondary N) is 2. The summed E-state index contributed by atoms with van der Waals surface area (Å²) in [5, 5.41) is 5.50. The maximum atomic E-state index is 12.7. The maximum Gasteiger partial charge on any atom is 0.325 e. The van der Waals surface area contributed by atoms with E-state index in [1.165, 1.54) is 12.0 Å². The minimum absolute atomic E-state index is 0.0986. The third-order valence-corrected chi connectivity index (χ3v) is 5.01. The fourth-order valence-electron chi connectivity index (χ4n) is 3.40. The molecule has 0 aromatic heterocycles. The van der Waals surface area contributed by atoms with Crippen molar-refractivity contribution in [3.63, 3.8) is 0 Å². The molecule has 1 aliphatic heterocycles. The Kier molecular flexibility index (Phi) is 6.16. The number of ether oxygens (including phenoxy) is 1. The lowest BCUT2D eigenvalue weighted by Gasteiger charge is -2.21. The van der Waals surface area contributed by atoms with Gasteiger partial charge in [0.1, 0.15) is 11.8 Å². The van der Waals surface area contributed by atoms with E-state index in [4.69, 9.17) is 4.74 Å². The molecule has 7 heteroatoms. The van der Waals surface area contributed by atoms with Crippen molar-refractivity contribution in [2.75, 3.05) is 12.4 Å². The van der Waals surface area contributed by atoms with Gasteiger partial charge in [-0.15, -0.1) is 0 Å². The Labute approximate surface area is 170 Å². The van der Waals surface area contributed by atoms with Crippen LogP contribution in [0.3, 0.4) is 0 Å². The second-order valence-corrected chi connectivity index (χ2v) is 7.09. The minimum Gasteiger partial charge on any atom is -0.495 e. The topological polar surface area (TPSA) is 87.7 Å². The first-order chi connectivity index (χ1) is 13.9. The first kappa shape index (κ1) is 20.4. The van der Waals surface area contributed by atoms with Gasteiger partial charge in [0.05, 0.1) is 18.8 Å². The van der Waals surface area contributed by atoms with Crippen molar-refractivity contribution in [2.45, 2.75) is 38.8 Å². The summed E-state index contributed by atoms with van der Waals surface area (Å²) in [7, 11) is 1.54. The highest BCUT2D eigenvalue weighted by Crippen LogP contribution is 2.27. The van der Waals surface area contributed by atoms with Crippen LogP contribution >= 0.6 is 0 Å². The summed E-state index contributed by atoms with van der Waals surface area (Å²) in [6.07, 6.45) is 0.323. The number of urea groups is 1. The first-order valence-corrected chi connectivity index (χ1v) is 9.53. The summed E-state index contributed by atoms with van der Waals surface area (Å²) in [5.41, 5.74) is 2.45. The second kappa shape index (κ2) is 8.77. The predicted octanol–water partition coefficient (Wildman–Crippen LogP) is 3.40. The first-order valence-electron chi connectivity index (χ1n) is 9.53. The van der Waals surface area contributed by atoms with E-state index >= 15 is 0 Å². The molecule has 152 valence electrons. The molecule has 0 unspecified atom stereocenters. The summed E-state index contributed by atoms with van der Waals surface area (Å²) in [6.45, 7) is 3.73. The number of amides is 4. The van der Waals surface area contributed by atoms with Crippen LogP contribution < -0.4 is 15.4 Å². The molecule has 2 atom stereocenters. The monoisotopic (exact) mass is 395 g/mol. The highest BCUT2D eigenvalue weighted by molar-refractivity contribution is 6.05. The van der Waals surface area contributed by atoms with Gasteiger partial charge in [-0.1, -0.05) is 36.4 Å². The van der Waals surface area contributed by atoms with Crippen molar-refractivity contribution in [2.24, 2.45) is 0 Å². The van der Waals surface area contributed by atoms with Gasteiger partial charge in [-0.3, -0.25) is 14.5 Å². The van der Waals surface area contributed by atoms with Crippen LogP contribution in [0.5, 0.6) is 5.75 Å². The molecular weight excluding hydrogens is 370 g/mol. The van der Waals surface area contributed by atoms with Gasteiger partial charge in [-0.25, -0.2) is 4.79 Å². The summed E-state index contributed by atoms with van der Waals surface area (Å²) < 4.78 is 5.26. The number of hydrogen-bond donors (Lipinski definition) is 2. The van der Waals surface area contributed by atoms with Gasteiger partial charge in [0.2, 0.25) is 5.91 Å². The molecule has 29 heavy (non-hydrogen) atoms. The van der Waals surface area contributed by atoms with Crippen molar-refractivity contribution in [1.82, 2.24) is 10.2 Å². The lowest BCUT2D eigenvalue weighted by Crippen LogP contribution is -2.34. The number of methoxy groups -OCH3 is 1. The van der Waals surface area contributed by atoms with Crippen LogP contribution in [0.25, 0.3) is 0 Å². The zero-order valence-corrected chi connectivity index (χ0v) is 16.8. The highest BCUT2D eigenvalue weighted by atomic mass is 16.5. The van der Waals surface area contributed by atoms with Gasteiger partial charge < -0.3 is 15.4 Å². The Bertz CT molecular complexity index is 914. The molecule has 7 nitrogen and oxygen atoms in total. The van der Waals surface area contributed by atoms with E-state index in [0.717, 1.165) is 11.1 Å². The largest absolute Gasteiger partial charge is 0.495 e. The Balaban J connectivity index is 1.60. The summed E-state index contributed by atoms with van der Waals surface area (Å²) in [6, 6.07) is 13.3. The quantitative estimate of drug-likeness (QED) is 0.704. The molecule has 0 bridgehead atoms. The molecule has 2 aromatic rings. The summed E-state index contributed by atoms with van der Waals surface area (Å²) in [4.78, 5) is 38.7. The molecule has 1 aliphatic rings. The average Bonchev–Trinajstić information content (AvgIpc) is 3.00. The molecule has 2 N–H and O–H groups in total. The smallest absolute Gasteiger partial charge is 0.325 e. The number of hydrogen-bond acceptors (Lipinski definition) is 4. The van der Waals surface area contributed by atoms with Crippen LogP contribution in [0.15, 0.2) is 48.5 Å². The molecule has 0 aliphatic carbocycles. The molecule has 1 heterocycles. The van der Waals surface area contributed by atoms with Crippen molar-refractivity contribution in [3.05, 3.63) is 59.7 Å². The van der Waals surface area contributed by atoms with E-state index in [1.54, 1.807) is 6.07 Å². The summed E-state index contributed by atoms with van der Waals surface area (Å²) in [5.74, 6) is 0.00912. The lowest BCUT2D eigenvalue weighted by molar-refractivity contribution is -0.129. The molecule has 2 aromatic carbocycles. The van der Waals surface area contributed by atoms with Gasteiger partial charge in [0.15, 0.2) is 0 Å². The standard InChI is InChI=1S/C22H25N3O4/c1-14-9-11-19(29-3)18(13-14)23-20(26)12-10-17-21(27)25(22(28)24-17)15(2)16-7-5-4-6-8-16/h4-9,11,13,15,17H,10,12H2,1-3H3,(H,23,26)(H,24,28)/t15-,17+/m1/s1. The van der Waals surface area contributed by atoms with Gasteiger partial charge >= 0.3 is 6.03 Å². The number of imide groups is 1. The Morgan fingerprint density at radius 1 is 1.21 bits per heavy atom. The van der Waals surface area contributed by atoms with E-state index < -0.39 is 12.1 Å². The third kappa shape index (κ3) is 4.56. The van der Waals surface area contributed by atoms with Gasteiger partial charge in [-0.2, -0.15) is 0 Å². The van der Waals surface area contributed by atoms with Crippen LogP contribution in [-0.4, -0.2) is 35.9 Å². The molecular formula is C22H25N3O4. The van der Waals surface area contributed by atoms with E-state index in [1.807, 2.05) is 56.3 Å². The fourth-order valence-corrected chi connectivity index (χ4v) is 3.40. The van der Waals surface area contributed by atoms with Crippen LogP contribution in [0.4, 0.5) is 10.5 Å². The Hall–Kier alpha value is -3.35. The third-order valence-electron chi connectivity index (χ3n) is 5.01. The van der Waals surface area contributed by atoms with E-state index in [0.29, 0.717) is 11.4 Å². The number of aryl methyl sites for hydroxylation is 1. The Morgan fingerprint density at radius 2 is 1.93 bits per heavy atom. The molecule has 1 fully saturated rings. The number of carbonyl (C=O) groups is 3. The predicted molar refractivity (Wildman–Crippen MR) is 110 cm³/mol. The zero-order valence-electron chi connectivity index (χ0n) is 16.8.